The summed E-state index contributed by atoms with van der Waals surface area (Å²) in [6, 6.07) is 9.28. The molecule has 0 radical (unpaired) electrons. The van der Waals surface area contributed by atoms with Crippen LogP contribution in [-0.4, -0.2) is 398 Å². The molecule has 4 heterocycles. The Morgan fingerprint density at radius 2 is 0.610 bits per heavy atom. The van der Waals surface area contributed by atoms with Gasteiger partial charge in [-0.15, -0.1) is 0 Å². The highest BCUT2D eigenvalue weighted by Gasteiger charge is 2.47. The molecule has 42 nitrogen and oxygen atoms in total. The molecule has 0 saturated carbocycles. The molecule has 4 fully saturated rings. The Hall–Kier alpha value is -6.06. The molecule has 0 bridgehead atoms. The van der Waals surface area contributed by atoms with E-state index in [0.717, 1.165) is 5.56 Å². The van der Waals surface area contributed by atoms with Gasteiger partial charge in [-0.2, -0.15) is 0 Å². The molecule has 0 unspecified atom stereocenters. The molecule has 602 valence electrons. The maximum atomic E-state index is 12.8. The van der Waals surface area contributed by atoms with E-state index < -0.39 is 217 Å². The Balaban J connectivity index is 0.000000449. The van der Waals surface area contributed by atoms with Crippen LogP contribution in [-0.2, 0) is 87.6 Å². The summed E-state index contributed by atoms with van der Waals surface area (Å²) in [5.41, 5.74) is 0.884. The largest absolute Gasteiger partial charge is 0.481 e. The van der Waals surface area contributed by atoms with E-state index in [1.165, 1.54) is 9.80 Å². The fourth-order valence-electron chi connectivity index (χ4n) is 10.6. The first-order chi connectivity index (χ1) is 50.1. The zero-order valence-corrected chi connectivity index (χ0v) is 57.9. The third kappa shape index (κ3) is 33.1. The number of aliphatic hydroxyl groups is 16. The van der Waals surface area contributed by atoms with Gasteiger partial charge in [0, 0.05) is 52.1 Å². The van der Waals surface area contributed by atoms with Crippen LogP contribution in [0.5, 0.6) is 0 Å². The summed E-state index contributed by atoms with van der Waals surface area (Å²) in [5.74, 6) is -4.67. The standard InChI is InChI=1S/C35H56N4O17.C28H50N4O17/c40-18-22-28(46)30(48)32(50)34(55-22)52-13-11-37-25(43)16-39(17-26(44)38-12-14-53-35-33(51)31(49)29(47)23(19-41)56-35)15-24(42)36-10-6-2-5-9-27(45)54-20-21-7-3-1-4-8-21;33-13-15-21(40)23(42)25(44)27(48-15)46-8-6-30-18(36)11-32(10-17(35)29-5-3-1-2-4-20(38)39)12-19(37)31-7-9-47-28-26(45)24(43)22(41)16(14-34)49-28/h1,3-4,7-8,22-23,28-35,40-41,46-51H,2,5-6,9-20H2,(H,36,42)(H,37,43)(H,38,44);15-16,21-28,33-34,40-45H,1-14H2,(H,29,35)(H,30,36)(H,31,37)(H,38,39)/t22-,23-,28-,29-,30+,31+,32-,33-,34-,35-;15-,16-,21-,22-,23+,24+,25-,26-,27-,28-/m11/s1. The van der Waals surface area contributed by atoms with Crippen molar-refractivity contribution in [2.75, 3.05) is 131 Å². The highest BCUT2D eigenvalue weighted by molar-refractivity contribution is 5.85. The van der Waals surface area contributed by atoms with Crippen molar-refractivity contribution in [2.45, 2.75) is 181 Å². The number of amides is 6. The number of benzene rings is 1. The zero-order valence-electron chi connectivity index (χ0n) is 57.9. The second-order valence-electron chi connectivity index (χ2n) is 24.8. The van der Waals surface area contributed by atoms with Crippen molar-refractivity contribution < 1.29 is 168 Å². The number of rotatable bonds is 46. The quantitative estimate of drug-likeness (QED) is 0.0213. The van der Waals surface area contributed by atoms with Crippen molar-refractivity contribution in [1.29, 1.82) is 0 Å². The summed E-state index contributed by atoms with van der Waals surface area (Å²) in [7, 11) is 0. The van der Waals surface area contributed by atoms with Gasteiger partial charge in [-0.3, -0.25) is 48.2 Å². The molecule has 4 aliphatic rings. The van der Waals surface area contributed by atoms with Crippen LogP contribution in [0.2, 0.25) is 0 Å². The van der Waals surface area contributed by atoms with Gasteiger partial charge in [0.05, 0.1) is 92.1 Å². The fourth-order valence-corrected chi connectivity index (χ4v) is 10.6. The van der Waals surface area contributed by atoms with Crippen molar-refractivity contribution in [1.82, 2.24) is 41.7 Å². The first-order valence-electron chi connectivity index (χ1n) is 34.3. The van der Waals surface area contributed by atoms with Gasteiger partial charge in [0.15, 0.2) is 25.2 Å². The number of carbonyl (C=O) groups excluding carboxylic acids is 7. The Labute approximate surface area is 603 Å². The molecule has 5 rings (SSSR count). The molecule has 105 heavy (non-hydrogen) atoms. The summed E-state index contributed by atoms with van der Waals surface area (Å²) in [4.78, 5) is 101. The highest BCUT2D eigenvalue weighted by Crippen LogP contribution is 2.25. The van der Waals surface area contributed by atoms with Gasteiger partial charge in [0.2, 0.25) is 35.4 Å². The van der Waals surface area contributed by atoms with Crippen LogP contribution in [0.25, 0.3) is 0 Å². The van der Waals surface area contributed by atoms with Gasteiger partial charge in [0.1, 0.15) is 104 Å². The van der Waals surface area contributed by atoms with Crippen molar-refractivity contribution in [2.24, 2.45) is 0 Å². The average Bonchev–Trinajstić information content (AvgIpc) is 0.846. The number of aliphatic hydroxyl groups excluding tert-OH is 16. The first kappa shape index (κ1) is 91.3. The average molecular weight is 1520 g/mol. The predicted molar refractivity (Wildman–Crippen MR) is 351 cm³/mol. The van der Waals surface area contributed by atoms with Crippen LogP contribution in [0.3, 0.4) is 0 Å². The Kier molecular flexibility index (Phi) is 43.3. The summed E-state index contributed by atoms with van der Waals surface area (Å²) in [6.45, 7) is -5.56. The molecule has 6 amide bonds. The molecule has 1 aromatic carbocycles. The Bertz CT molecular complexity index is 2590. The number of nitrogens with zero attached hydrogens (tertiary/aromatic N) is 2. The molecule has 4 aliphatic heterocycles. The van der Waals surface area contributed by atoms with Gasteiger partial charge < -0.3 is 161 Å². The number of ether oxygens (including phenoxy) is 9. The minimum absolute atomic E-state index is 0.00701. The van der Waals surface area contributed by atoms with Gasteiger partial charge in [-0.1, -0.05) is 43.2 Å². The molecule has 0 spiro atoms. The maximum absolute atomic E-state index is 12.8. The number of hydrogen-bond acceptors (Lipinski definition) is 35. The Morgan fingerprint density at radius 3 is 0.876 bits per heavy atom. The molecule has 0 aromatic heterocycles. The molecule has 0 aliphatic carbocycles. The maximum Gasteiger partial charge on any atom is 0.306 e. The number of carbonyl (C=O) groups is 8. The summed E-state index contributed by atoms with van der Waals surface area (Å²) >= 11 is 0. The van der Waals surface area contributed by atoms with Crippen molar-refractivity contribution >= 4 is 47.4 Å². The van der Waals surface area contributed by atoms with E-state index >= 15 is 0 Å². The topological polar surface area (TPSA) is 642 Å². The van der Waals surface area contributed by atoms with E-state index in [2.05, 4.69) is 31.9 Å². The Morgan fingerprint density at radius 1 is 0.343 bits per heavy atom. The second-order valence-corrected chi connectivity index (χ2v) is 24.8. The zero-order chi connectivity index (χ0) is 77.5. The normalized spacial score (nSPS) is 28.9. The minimum atomic E-state index is -1.64. The van der Waals surface area contributed by atoms with Crippen molar-refractivity contribution in [3.8, 4) is 0 Å². The molecule has 20 atom stereocenters. The van der Waals surface area contributed by atoms with Crippen LogP contribution >= 0.6 is 0 Å². The number of unbranched alkanes of at least 4 members (excludes halogenated alkanes) is 4. The number of esters is 1. The van der Waals surface area contributed by atoms with Gasteiger partial charge in [-0.05, 0) is 31.2 Å². The summed E-state index contributed by atoms with van der Waals surface area (Å²) < 4.78 is 47.6. The predicted octanol–water partition coefficient (Wildman–Crippen LogP) is -12.5. The summed E-state index contributed by atoms with van der Waals surface area (Å²) in [5, 5.41) is 181. The number of carboxylic acids is 1. The highest BCUT2D eigenvalue weighted by atomic mass is 16.7. The lowest BCUT2D eigenvalue weighted by Gasteiger charge is -2.39. The van der Waals surface area contributed by atoms with E-state index in [1.54, 1.807) is 0 Å². The molecule has 42 heteroatoms. The minimum Gasteiger partial charge on any atom is -0.481 e. The smallest absolute Gasteiger partial charge is 0.306 e. The third-order valence-electron chi connectivity index (χ3n) is 16.4. The number of nitrogens with one attached hydrogen (secondary N) is 6. The van der Waals surface area contributed by atoms with Crippen LogP contribution in [0.4, 0.5) is 0 Å². The SMILES string of the molecule is O=C(CN(CC(=O)NCCO[C@@H]1O[C@H](CO)[C@@H](O)[C@H](O)[C@H]1O)CC(=O)NCCO[C@@H]1O[C@H](CO)[C@@H](O)[C@H](O)[C@H]1O)NCCCCCC(=O)OCc1ccccc1.O=C(O)CCCCCNC(=O)CN(CC(=O)NCCO[C@@H]1O[C@H](CO)[C@@H](O)[C@H](O)[C@H]1O)CC(=O)NCCO[C@@H]1O[C@H](CO)[C@@H](O)[C@H](O)[C@H]1O. The van der Waals surface area contributed by atoms with Crippen molar-refractivity contribution in [3.63, 3.8) is 0 Å². The molecule has 1 aromatic rings. The van der Waals surface area contributed by atoms with Gasteiger partial charge >= 0.3 is 11.9 Å². The first-order valence-corrected chi connectivity index (χ1v) is 34.3. The lowest BCUT2D eigenvalue weighted by atomic mass is 9.99. The van der Waals surface area contributed by atoms with Gasteiger partial charge in [0.25, 0.3) is 0 Å². The summed E-state index contributed by atoms with van der Waals surface area (Å²) in [6.07, 6.45) is -26.1. The molecule has 23 N–H and O–H groups in total. The lowest BCUT2D eigenvalue weighted by molar-refractivity contribution is -0.300. The van der Waals surface area contributed by atoms with Crippen LogP contribution < -0.4 is 31.9 Å². The van der Waals surface area contributed by atoms with E-state index in [1.807, 2.05) is 30.3 Å². The van der Waals surface area contributed by atoms with E-state index in [9.17, 15) is 120 Å². The van der Waals surface area contributed by atoms with Crippen LogP contribution in [0.15, 0.2) is 30.3 Å². The third-order valence-corrected chi connectivity index (χ3v) is 16.4. The van der Waals surface area contributed by atoms with Crippen molar-refractivity contribution in [3.05, 3.63) is 35.9 Å². The van der Waals surface area contributed by atoms with E-state index in [4.69, 9.17) is 47.7 Å². The number of hydrogen-bond donors (Lipinski definition) is 23. The number of carboxylic acid groups (broad SMARTS) is 1. The van der Waals surface area contributed by atoms with E-state index in [-0.39, 0.29) is 104 Å². The molecular weight excluding hydrogens is 1410 g/mol. The number of aliphatic carboxylic acids is 1. The molecular formula is C63H106N8O34. The molecule has 4 saturated heterocycles. The van der Waals surface area contributed by atoms with Crippen LogP contribution in [0.1, 0.15) is 56.9 Å². The monoisotopic (exact) mass is 1520 g/mol. The van der Waals surface area contributed by atoms with Gasteiger partial charge in [-0.25, -0.2) is 0 Å². The van der Waals surface area contributed by atoms with Crippen LogP contribution in [0, 0.1) is 0 Å². The second kappa shape index (κ2) is 49.8. The lowest BCUT2D eigenvalue weighted by Crippen LogP contribution is -2.59. The van der Waals surface area contributed by atoms with E-state index in [0.29, 0.717) is 38.5 Å². The fraction of sp³-hybridized carbons (Fsp3) is 0.778.